The Kier molecular flexibility index (Phi) is 6.33. The summed E-state index contributed by atoms with van der Waals surface area (Å²) in [5, 5.41) is 4.09. The number of piperidine rings is 1. The van der Waals surface area contributed by atoms with Crippen LogP contribution in [0.1, 0.15) is 75.1 Å². The molecule has 152 valence electrons. The van der Waals surface area contributed by atoms with Crippen LogP contribution in [-0.4, -0.2) is 33.9 Å². The van der Waals surface area contributed by atoms with Crippen LogP contribution >= 0.6 is 0 Å². The number of likely N-dealkylation sites (tertiary alicyclic amines) is 1. The monoisotopic (exact) mass is 383 g/mol. The number of nitrogens with zero attached hydrogens (tertiary/aromatic N) is 3. The SMILES string of the molecule is CC(C)Cc1ccc(C(=O)C2CCN(Cc3nc(C(C)(C)C)no3)CC2)cc1. The van der Waals surface area contributed by atoms with Crippen molar-refractivity contribution >= 4 is 5.78 Å². The normalized spacial score (nSPS) is 16.6. The highest BCUT2D eigenvalue weighted by molar-refractivity contribution is 5.97. The summed E-state index contributed by atoms with van der Waals surface area (Å²) in [6.07, 6.45) is 2.82. The summed E-state index contributed by atoms with van der Waals surface area (Å²) in [5.41, 5.74) is 2.04. The lowest BCUT2D eigenvalue weighted by Crippen LogP contribution is -2.36. The highest BCUT2D eigenvalue weighted by Gasteiger charge is 2.27. The minimum atomic E-state index is -0.105. The number of benzene rings is 1. The smallest absolute Gasteiger partial charge is 0.240 e. The van der Waals surface area contributed by atoms with Crippen LogP contribution in [-0.2, 0) is 18.4 Å². The Morgan fingerprint density at radius 1 is 1.18 bits per heavy atom. The third kappa shape index (κ3) is 5.28. The zero-order chi connectivity index (χ0) is 20.3. The van der Waals surface area contributed by atoms with E-state index >= 15 is 0 Å². The van der Waals surface area contributed by atoms with Gasteiger partial charge in [-0.15, -0.1) is 0 Å². The molecule has 5 nitrogen and oxygen atoms in total. The van der Waals surface area contributed by atoms with Crippen LogP contribution in [0.2, 0.25) is 0 Å². The number of aromatic nitrogens is 2. The van der Waals surface area contributed by atoms with E-state index in [-0.39, 0.29) is 17.1 Å². The van der Waals surface area contributed by atoms with Crippen molar-refractivity contribution < 1.29 is 9.32 Å². The first-order chi connectivity index (χ1) is 13.2. The second kappa shape index (κ2) is 8.56. The molecule has 2 heterocycles. The first-order valence-electron chi connectivity index (χ1n) is 10.4. The van der Waals surface area contributed by atoms with E-state index in [9.17, 15) is 4.79 Å². The molecule has 5 heteroatoms. The molecule has 0 saturated carbocycles. The molecule has 1 aromatic heterocycles. The lowest BCUT2D eigenvalue weighted by Gasteiger charge is -2.30. The van der Waals surface area contributed by atoms with Crippen molar-refractivity contribution in [2.45, 2.75) is 65.8 Å². The number of Topliss-reactive ketones (excluding diaryl/α,β-unsaturated/α-hetero) is 1. The van der Waals surface area contributed by atoms with Gasteiger partial charge in [0.2, 0.25) is 5.89 Å². The molecule has 2 aromatic rings. The molecule has 0 amide bonds. The number of rotatable bonds is 6. The molecule has 1 saturated heterocycles. The molecule has 0 unspecified atom stereocenters. The van der Waals surface area contributed by atoms with Crippen molar-refractivity contribution in [3.05, 3.63) is 47.1 Å². The van der Waals surface area contributed by atoms with E-state index in [4.69, 9.17) is 4.52 Å². The average molecular weight is 384 g/mol. The molecular formula is C23H33N3O2. The van der Waals surface area contributed by atoms with Crippen molar-refractivity contribution in [3.63, 3.8) is 0 Å². The number of carbonyl (C=O) groups excluding carboxylic acids is 1. The average Bonchev–Trinajstić information content (AvgIpc) is 3.11. The van der Waals surface area contributed by atoms with Crippen molar-refractivity contribution in [2.24, 2.45) is 11.8 Å². The van der Waals surface area contributed by atoms with Crippen LogP contribution in [0.25, 0.3) is 0 Å². The van der Waals surface area contributed by atoms with Crippen molar-refractivity contribution in [1.82, 2.24) is 15.0 Å². The molecule has 0 N–H and O–H groups in total. The van der Waals surface area contributed by atoms with E-state index < -0.39 is 0 Å². The van der Waals surface area contributed by atoms with Gasteiger partial charge in [-0.05, 0) is 43.8 Å². The van der Waals surface area contributed by atoms with Gasteiger partial charge in [0.25, 0.3) is 0 Å². The van der Waals surface area contributed by atoms with E-state index in [0.717, 1.165) is 43.7 Å². The van der Waals surface area contributed by atoms with Gasteiger partial charge >= 0.3 is 0 Å². The van der Waals surface area contributed by atoms with Crippen LogP contribution in [0, 0.1) is 11.8 Å². The van der Waals surface area contributed by atoms with Gasteiger partial charge < -0.3 is 4.52 Å². The third-order valence-corrected chi connectivity index (χ3v) is 5.34. The van der Waals surface area contributed by atoms with Crippen LogP contribution in [0.5, 0.6) is 0 Å². The predicted octanol–water partition coefficient (Wildman–Crippen LogP) is 4.66. The summed E-state index contributed by atoms with van der Waals surface area (Å²) in [7, 11) is 0. The van der Waals surface area contributed by atoms with E-state index in [1.165, 1.54) is 5.56 Å². The molecule has 28 heavy (non-hydrogen) atoms. The molecule has 1 aromatic carbocycles. The Morgan fingerprint density at radius 3 is 2.36 bits per heavy atom. The lowest BCUT2D eigenvalue weighted by molar-refractivity contribution is 0.0825. The summed E-state index contributed by atoms with van der Waals surface area (Å²) < 4.78 is 5.41. The Bertz CT molecular complexity index is 779. The van der Waals surface area contributed by atoms with Crippen LogP contribution < -0.4 is 0 Å². The Hall–Kier alpha value is -2.01. The Balaban J connectivity index is 1.52. The fourth-order valence-corrected chi connectivity index (χ4v) is 3.68. The molecule has 1 aliphatic heterocycles. The van der Waals surface area contributed by atoms with Gasteiger partial charge in [0.15, 0.2) is 11.6 Å². The second-order valence-electron chi connectivity index (χ2n) is 9.47. The summed E-state index contributed by atoms with van der Waals surface area (Å²) in [6, 6.07) is 8.20. The summed E-state index contributed by atoms with van der Waals surface area (Å²) in [5.74, 6) is 2.43. The maximum absolute atomic E-state index is 12.9. The Labute approximate surface area is 168 Å². The molecule has 0 spiro atoms. The fourth-order valence-electron chi connectivity index (χ4n) is 3.68. The molecule has 0 aliphatic carbocycles. The maximum atomic E-state index is 12.9. The van der Waals surface area contributed by atoms with Crippen molar-refractivity contribution in [2.75, 3.05) is 13.1 Å². The number of hydrogen-bond donors (Lipinski definition) is 0. The van der Waals surface area contributed by atoms with Gasteiger partial charge in [-0.3, -0.25) is 9.69 Å². The van der Waals surface area contributed by atoms with Crippen LogP contribution in [0.4, 0.5) is 0 Å². The lowest BCUT2D eigenvalue weighted by atomic mass is 9.88. The zero-order valence-electron chi connectivity index (χ0n) is 17.9. The highest BCUT2D eigenvalue weighted by Crippen LogP contribution is 2.24. The first kappa shape index (κ1) is 20.7. The van der Waals surface area contributed by atoms with Crippen LogP contribution in [0.15, 0.2) is 28.8 Å². The fraction of sp³-hybridized carbons (Fsp3) is 0.609. The van der Waals surface area contributed by atoms with Crippen molar-refractivity contribution in [3.8, 4) is 0 Å². The summed E-state index contributed by atoms with van der Waals surface area (Å²) in [4.78, 5) is 19.7. The number of carbonyl (C=O) groups is 1. The standard InChI is InChI=1S/C23H33N3O2/c1-16(2)14-17-6-8-18(9-7-17)21(27)19-10-12-26(13-11-19)15-20-24-22(25-28-20)23(3,4)5/h6-9,16,19H,10-15H2,1-5H3. The highest BCUT2D eigenvalue weighted by atomic mass is 16.5. The Morgan fingerprint density at radius 2 is 1.82 bits per heavy atom. The predicted molar refractivity (Wildman–Crippen MR) is 110 cm³/mol. The van der Waals surface area contributed by atoms with Crippen LogP contribution in [0.3, 0.4) is 0 Å². The van der Waals surface area contributed by atoms with E-state index in [1.54, 1.807) is 0 Å². The minimum absolute atomic E-state index is 0.105. The summed E-state index contributed by atoms with van der Waals surface area (Å²) in [6.45, 7) is 13.1. The van der Waals surface area contributed by atoms with Crippen molar-refractivity contribution in [1.29, 1.82) is 0 Å². The number of hydrogen-bond acceptors (Lipinski definition) is 5. The van der Waals surface area contributed by atoms with Gasteiger partial charge in [0, 0.05) is 16.9 Å². The molecule has 1 fully saturated rings. The maximum Gasteiger partial charge on any atom is 0.240 e. The summed E-state index contributed by atoms with van der Waals surface area (Å²) >= 11 is 0. The molecule has 0 bridgehead atoms. The number of ketones is 1. The first-order valence-corrected chi connectivity index (χ1v) is 10.4. The quantitative estimate of drug-likeness (QED) is 0.679. The second-order valence-corrected chi connectivity index (χ2v) is 9.47. The molecule has 0 atom stereocenters. The molecule has 3 rings (SSSR count). The van der Waals surface area contributed by atoms with E-state index in [1.807, 2.05) is 12.1 Å². The van der Waals surface area contributed by atoms with Gasteiger partial charge in [0.1, 0.15) is 0 Å². The van der Waals surface area contributed by atoms with E-state index in [0.29, 0.717) is 18.4 Å². The van der Waals surface area contributed by atoms with E-state index in [2.05, 4.69) is 61.8 Å². The van der Waals surface area contributed by atoms with Gasteiger partial charge in [-0.2, -0.15) is 4.98 Å². The molecule has 1 aliphatic rings. The molecular weight excluding hydrogens is 350 g/mol. The van der Waals surface area contributed by atoms with Gasteiger partial charge in [0.05, 0.1) is 6.54 Å². The topological polar surface area (TPSA) is 59.2 Å². The minimum Gasteiger partial charge on any atom is -0.338 e. The molecule has 0 radical (unpaired) electrons. The van der Waals surface area contributed by atoms with Gasteiger partial charge in [-0.1, -0.05) is 64.0 Å². The third-order valence-electron chi connectivity index (χ3n) is 5.34. The zero-order valence-corrected chi connectivity index (χ0v) is 17.9. The largest absolute Gasteiger partial charge is 0.338 e. The van der Waals surface area contributed by atoms with Gasteiger partial charge in [-0.25, -0.2) is 0 Å².